The van der Waals surface area contributed by atoms with Crippen LogP contribution in [0.5, 0.6) is 0 Å². The molecule has 0 aliphatic rings. The van der Waals surface area contributed by atoms with Crippen LogP contribution in [0.2, 0.25) is 0 Å². The van der Waals surface area contributed by atoms with Gasteiger partial charge in [-0.05, 0) is 19.4 Å². The zero-order chi connectivity index (χ0) is 11.2. The summed E-state index contributed by atoms with van der Waals surface area (Å²) in [7, 11) is 0. The van der Waals surface area contributed by atoms with E-state index >= 15 is 0 Å². The lowest BCUT2D eigenvalue weighted by Gasteiger charge is -2.07. The van der Waals surface area contributed by atoms with Gasteiger partial charge < -0.3 is 5.73 Å². The number of aryl methyl sites for hydroxylation is 1. The molecule has 0 spiro atoms. The molecule has 0 amide bonds. The van der Waals surface area contributed by atoms with Crippen LogP contribution in [0.15, 0.2) is 0 Å². The Balaban J connectivity index is 2.83. The first-order chi connectivity index (χ1) is 7.02. The van der Waals surface area contributed by atoms with E-state index in [0.717, 1.165) is 17.1 Å². The van der Waals surface area contributed by atoms with Gasteiger partial charge in [0.15, 0.2) is 5.82 Å². The summed E-state index contributed by atoms with van der Waals surface area (Å²) in [4.78, 5) is 0. The van der Waals surface area contributed by atoms with Crippen LogP contribution >= 0.6 is 0 Å². The van der Waals surface area contributed by atoms with Crippen LogP contribution in [0, 0.1) is 13.8 Å². The van der Waals surface area contributed by atoms with E-state index < -0.39 is 0 Å². The minimum Gasteiger partial charge on any atom is -0.395 e. The molecule has 2 heterocycles. The third kappa shape index (κ3) is 1.35. The second-order valence-electron chi connectivity index (χ2n) is 4.07. The minimum absolute atomic E-state index is 0.286. The fraction of sp³-hybridized carbons (Fsp3) is 0.500. The second kappa shape index (κ2) is 3.18. The number of hydrogen-bond acceptors (Lipinski definition) is 4. The Morgan fingerprint density at radius 3 is 2.47 bits per heavy atom. The molecule has 80 valence electrons. The number of nitrogens with two attached hydrogens (primary N) is 1. The lowest BCUT2D eigenvalue weighted by molar-refractivity contribution is 0.714. The Morgan fingerprint density at radius 1 is 1.20 bits per heavy atom. The van der Waals surface area contributed by atoms with Crippen molar-refractivity contribution in [2.75, 3.05) is 5.73 Å². The monoisotopic (exact) mass is 205 g/mol. The summed E-state index contributed by atoms with van der Waals surface area (Å²) in [6.07, 6.45) is 0. The second-order valence-corrected chi connectivity index (χ2v) is 4.07. The molecule has 0 aliphatic carbocycles. The maximum atomic E-state index is 5.97. The van der Waals surface area contributed by atoms with Crippen molar-refractivity contribution in [2.24, 2.45) is 0 Å². The van der Waals surface area contributed by atoms with E-state index in [2.05, 4.69) is 29.1 Å². The van der Waals surface area contributed by atoms with Gasteiger partial charge in [0.1, 0.15) is 0 Å². The number of hydrogen-bond donors (Lipinski definition) is 1. The van der Waals surface area contributed by atoms with E-state index in [-0.39, 0.29) is 5.92 Å². The lowest BCUT2D eigenvalue weighted by Crippen LogP contribution is -2.06. The molecule has 5 nitrogen and oxygen atoms in total. The molecule has 5 heteroatoms. The highest BCUT2D eigenvalue weighted by Crippen LogP contribution is 2.21. The molecule has 0 aromatic carbocycles. The highest BCUT2D eigenvalue weighted by atomic mass is 15.4. The third-order valence-electron chi connectivity index (χ3n) is 2.62. The Bertz CT molecular complexity index is 512. The molecule has 0 unspecified atom stereocenters. The van der Waals surface area contributed by atoms with Crippen molar-refractivity contribution >= 4 is 11.3 Å². The Kier molecular flexibility index (Phi) is 2.10. The number of aromatic nitrogens is 4. The van der Waals surface area contributed by atoms with Gasteiger partial charge in [-0.2, -0.15) is 9.61 Å². The molecule has 0 bridgehead atoms. The van der Waals surface area contributed by atoms with Gasteiger partial charge in [-0.3, -0.25) is 0 Å². The van der Waals surface area contributed by atoms with Crippen LogP contribution < -0.4 is 5.73 Å². The quantitative estimate of drug-likeness (QED) is 0.765. The average molecular weight is 205 g/mol. The largest absolute Gasteiger partial charge is 0.395 e. The highest BCUT2D eigenvalue weighted by molar-refractivity contribution is 5.68. The maximum Gasteiger partial charge on any atom is 0.201 e. The molecule has 2 aromatic rings. The van der Waals surface area contributed by atoms with Crippen LogP contribution in [0.1, 0.15) is 36.8 Å². The first-order valence-corrected chi connectivity index (χ1v) is 5.00. The van der Waals surface area contributed by atoms with E-state index in [1.807, 2.05) is 13.8 Å². The molecule has 0 aliphatic heterocycles. The fourth-order valence-electron chi connectivity index (χ4n) is 1.51. The summed E-state index contributed by atoms with van der Waals surface area (Å²) in [5.41, 5.74) is 9.19. The molecule has 15 heavy (non-hydrogen) atoms. The van der Waals surface area contributed by atoms with Crippen molar-refractivity contribution in [3.05, 3.63) is 17.1 Å². The van der Waals surface area contributed by atoms with Crippen molar-refractivity contribution in [1.82, 2.24) is 19.8 Å². The summed E-state index contributed by atoms with van der Waals surface area (Å²) in [5, 5.41) is 12.6. The molecule has 0 saturated heterocycles. The predicted octanol–water partition coefficient (Wildman–Crippen LogP) is 1.45. The van der Waals surface area contributed by atoms with Crippen LogP contribution in [0.25, 0.3) is 5.65 Å². The zero-order valence-corrected chi connectivity index (χ0v) is 9.44. The van der Waals surface area contributed by atoms with Crippen LogP contribution in [0.3, 0.4) is 0 Å². The molecule has 0 atom stereocenters. The molecule has 2 aromatic heterocycles. The van der Waals surface area contributed by atoms with E-state index in [1.165, 1.54) is 0 Å². The third-order valence-corrected chi connectivity index (χ3v) is 2.62. The maximum absolute atomic E-state index is 5.97. The first kappa shape index (κ1) is 9.89. The van der Waals surface area contributed by atoms with Crippen molar-refractivity contribution in [2.45, 2.75) is 33.6 Å². The van der Waals surface area contributed by atoms with Crippen molar-refractivity contribution in [1.29, 1.82) is 0 Å². The highest BCUT2D eigenvalue weighted by Gasteiger charge is 2.14. The van der Waals surface area contributed by atoms with Gasteiger partial charge in [0.2, 0.25) is 5.65 Å². The van der Waals surface area contributed by atoms with E-state index in [0.29, 0.717) is 11.3 Å². The molecular weight excluding hydrogens is 190 g/mol. The fourth-order valence-corrected chi connectivity index (χ4v) is 1.51. The van der Waals surface area contributed by atoms with Crippen LogP contribution in [0.4, 0.5) is 5.69 Å². The molecule has 0 saturated carbocycles. The van der Waals surface area contributed by atoms with Gasteiger partial charge in [-0.1, -0.05) is 13.8 Å². The molecular formula is C10H15N5. The Labute approximate surface area is 88.3 Å². The number of rotatable bonds is 1. The SMILES string of the molecule is Cc1nn2c(C(C)C)nnc2c(N)c1C. The summed E-state index contributed by atoms with van der Waals surface area (Å²) in [6.45, 7) is 8.00. The summed E-state index contributed by atoms with van der Waals surface area (Å²) in [5.74, 6) is 1.13. The van der Waals surface area contributed by atoms with Gasteiger partial charge in [0, 0.05) is 5.92 Å². The topological polar surface area (TPSA) is 69.1 Å². The van der Waals surface area contributed by atoms with E-state index in [9.17, 15) is 0 Å². The number of anilines is 1. The van der Waals surface area contributed by atoms with E-state index in [1.54, 1.807) is 4.52 Å². The molecule has 0 radical (unpaired) electrons. The van der Waals surface area contributed by atoms with Gasteiger partial charge in [-0.15, -0.1) is 10.2 Å². The van der Waals surface area contributed by atoms with Crippen LogP contribution in [-0.2, 0) is 0 Å². The Hall–Kier alpha value is -1.65. The molecule has 2 rings (SSSR count). The average Bonchev–Trinajstić information content (AvgIpc) is 2.58. The Morgan fingerprint density at radius 2 is 1.87 bits per heavy atom. The summed E-state index contributed by atoms with van der Waals surface area (Å²) in [6, 6.07) is 0. The minimum atomic E-state index is 0.286. The van der Waals surface area contributed by atoms with Crippen molar-refractivity contribution in [3.63, 3.8) is 0 Å². The number of fused-ring (bicyclic) bond motifs is 1. The van der Waals surface area contributed by atoms with E-state index in [4.69, 9.17) is 5.73 Å². The van der Waals surface area contributed by atoms with Gasteiger partial charge in [-0.25, -0.2) is 0 Å². The van der Waals surface area contributed by atoms with Crippen LogP contribution in [-0.4, -0.2) is 19.8 Å². The van der Waals surface area contributed by atoms with Crippen molar-refractivity contribution < 1.29 is 0 Å². The summed E-state index contributed by atoms with van der Waals surface area (Å²) < 4.78 is 1.74. The van der Waals surface area contributed by atoms with Crippen molar-refractivity contribution in [3.8, 4) is 0 Å². The van der Waals surface area contributed by atoms with Gasteiger partial charge in [0.25, 0.3) is 0 Å². The number of nitrogens with zero attached hydrogens (tertiary/aromatic N) is 4. The molecule has 0 fully saturated rings. The van der Waals surface area contributed by atoms with Gasteiger partial charge >= 0.3 is 0 Å². The first-order valence-electron chi connectivity index (χ1n) is 5.00. The smallest absolute Gasteiger partial charge is 0.201 e. The normalized spacial score (nSPS) is 11.5. The standard InChI is InChI=1S/C10H15N5/c1-5(2)9-12-13-10-8(11)6(3)7(4)14-15(9)10/h5H,11H2,1-4H3. The lowest BCUT2D eigenvalue weighted by atomic mass is 10.2. The molecule has 2 N–H and O–H groups in total. The zero-order valence-electron chi connectivity index (χ0n) is 9.44. The predicted molar refractivity (Wildman–Crippen MR) is 58.8 cm³/mol. The van der Waals surface area contributed by atoms with Gasteiger partial charge in [0.05, 0.1) is 11.4 Å². The number of nitrogen functional groups attached to an aromatic ring is 1. The summed E-state index contributed by atoms with van der Waals surface area (Å²) >= 11 is 0.